The summed E-state index contributed by atoms with van der Waals surface area (Å²) in [6.07, 6.45) is -0.208. The standard InChI is InChI=1S/C12H14F2N2O3/c13-8-3-7(4-9(14)5-8)6-16-10(12(15)19)1-2-11(17)18/h3-5,10,16H,1-2,6H2,(H2,15,19)(H,17,18)/t10-/m0/s1. The smallest absolute Gasteiger partial charge is 0.303 e. The lowest BCUT2D eigenvalue weighted by Crippen LogP contribution is -2.41. The number of halogens is 2. The number of benzene rings is 1. The van der Waals surface area contributed by atoms with E-state index in [-0.39, 0.29) is 19.4 Å². The van der Waals surface area contributed by atoms with Gasteiger partial charge in [-0.2, -0.15) is 0 Å². The Morgan fingerprint density at radius 1 is 1.26 bits per heavy atom. The largest absolute Gasteiger partial charge is 0.481 e. The number of aliphatic carboxylic acids is 1. The van der Waals surface area contributed by atoms with Crippen molar-refractivity contribution in [3.05, 3.63) is 35.4 Å². The molecule has 0 bridgehead atoms. The maximum Gasteiger partial charge on any atom is 0.303 e. The number of carboxylic acids is 1. The van der Waals surface area contributed by atoms with Gasteiger partial charge in [0.25, 0.3) is 0 Å². The van der Waals surface area contributed by atoms with Gasteiger partial charge in [0.15, 0.2) is 0 Å². The van der Waals surface area contributed by atoms with Crippen LogP contribution < -0.4 is 11.1 Å². The fraction of sp³-hybridized carbons (Fsp3) is 0.333. The monoisotopic (exact) mass is 272 g/mol. The van der Waals surface area contributed by atoms with Crippen LogP contribution in [0, 0.1) is 11.6 Å². The van der Waals surface area contributed by atoms with Crippen LogP contribution >= 0.6 is 0 Å². The first-order valence-corrected chi connectivity index (χ1v) is 5.58. The second-order valence-electron chi connectivity index (χ2n) is 4.05. The minimum absolute atomic E-state index is 0.0158. The maximum absolute atomic E-state index is 12.9. The van der Waals surface area contributed by atoms with Gasteiger partial charge in [0.05, 0.1) is 6.04 Å². The van der Waals surface area contributed by atoms with Gasteiger partial charge in [0, 0.05) is 19.0 Å². The molecule has 4 N–H and O–H groups in total. The van der Waals surface area contributed by atoms with Gasteiger partial charge in [-0.3, -0.25) is 9.59 Å². The molecule has 1 atom stereocenters. The van der Waals surface area contributed by atoms with Crippen molar-refractivity contribution in [3.8, 4) is 0 Å². The Morgan fingerprint density at radius 3 is 2.32 bits per heavy atom. The predicted molar refractivity (Wildman–Crippen MR) is 63.0 cm³/mol. The average molecular weight is 272 g/mol. The molecule has 7 heteroatoms. The van der Waals surface area contributed by atoms with E-state index in [1.54, 1.807) is 0 Å². The van der Waals surface area contributed by atoms with Crippen LogP contribution in [0.15, 0.2) is 18.2 Å². The van der Waals surface area contributed by atoms with E-state index in [0.717, 1.165) is 18.2 Å². The molecule has 1 aromatic carbocycles. The van der Waals surface area contributed by atoms with Crippen LogP contribution in [-0.4, -0.2) is 23.0 Å². The SMILES string of the molecule is NC(=O)[C@H](CCC(=O)O)NCc1cc(F)cc(F)c1. The highest BCUT2D eigenvalue weighted by atomic mass is 19.1. The fourth-order valence-corrected chi connectivity index (χ4v) is 1.57. The number of carbonyl (C=O) groups is 2. The number of amides is 1. The Kier molecular flexibility index (Phi) is 5.37. The molecule has 0 aliphatic heterocycles. The third-order valence-electron chi connectivity index (χ3n) is 2.47. The van der Waals surface area contributed by atoms with E-state index in [1.807, 2.05) is 0 Å². The van der Waals surface area contributed by atoms with E-state index in [9.17, 15) is 18.4 Å². The van der Waals surface area contributed by atoms with Crippen LogP contribution in [0.2, 0.25) is 0 Å². The Morgan fingerprint density at radius 2 is 1.84 bits per heavy atom. The molecular weight excluding hydrogens is 258 g/mol. The number of nitrogens with one attached hydrogen (secondary N) is 1. The predicted octanol–water partition coefficient (Wildman–Crippen LogP) is 0.773. The topological polar surface area (TPSA) is 92.4 Å². The lowest BCUT2D eigenvalue weighted by atomic mass is 10.1. The normalized spacial score (nSPS) is 12.1. The quantitative estimate of drug-likeness (QED) is 0.683. The van der Waals surface area contributed by atoms with Crippen molar-refractivity contribution in [1.82, 2.24) is 5.32 Å². The molecule has 1 aromatic rings. The molecule has 0 heterocycles. The molecule has 19 heavy (non-hydrogen) atoms. The lowest BCUT2D eigenvalue weighted by molar-refractivity contribution is -0.137. The first-order valence-electron chi connectivity index (χ1n) is 5.58. The third-order valence-corrected chi connectivity index (χ3v) is 2.47. The van der Waals surface area contributed by atoms with E-state index >= 15 is 0 Å². The van der Waals surface area contributed by atoms with Crippen LogP contribution in [0.25, 0.3) is 0 Å². The van der Waals surface area contributed by atoms with Crippen LogP contribution in [0.5, 0.6) is 0 Å². The van der Waals surface area contributed by atoms with Crippen molar-refractivity contribution < 1.29 is 23.5 Å². The number of hydrogen-bond acceptors (Lipinski definition) is 3. The number of rotatable bonds is 7. The molecule has 104 valence electrons. The van der Waals surface area contributed by atoms with E-state index in [2.05, 4.69) is 5.32 Å². The highest BCUT2D eigenvalue weighted by molar-refractivity contribution is 5.80. The highest BCUT2D eigenvalue weighted by Gasteiger charge is 2.16. The van der Waals surface area contributed by atoms with Crippen molar-refractivity contribution in [2.75, 3.05) is 0 Å². The van der Waals surface area contributed by atoms with E-state index in [4.69, 9.17) is 10.8 Å². The molecule has 0 spiro atoms. The zero-order valence-electron chi connectivity index (χ0n) is 10.0. The summed E-state index contributed by atoms with van der Waals surface area (Å²) in [5, 5.41) is 11.2. The summed E-state index contributed by atoms with van der Waals surface area (Å²) in [5.41, 5.74) is 5.41. The fourth-order valence-electron chi connectivity index (χ4n) is 1.57. The molecule has 0 saturated heterocycles. The van der Waals surface area contributed by atoms with Gasteiger partial charge >= 0.3 is 5.97 Å². The van der Waals surface area contributed by atoms with Gasteiger partial charge in [-0.15, -0.1) is 0 Å². The average Bonchev–Trinajstić information content (AvgIpc) is 2.26. The third kappa shape index (κ3) is 5.43. The number of primary amides is 1. The summed E-state index contributed by atoms with van der Waals surface area (Å²) in [6, 6.07) is 2.11. The zero-order valence-corrected chi connectivity index (χ0v) is 10.0. The number of carboxylic acid groups (broad SMARTS) is 1. The van der Waals surface area contributed by atoms with Gasteiger partial charge in [0.2, 0.25) is 5.91 Å². The first-order chi connectivity index (χ1) is 8.88. The molecule has 1 rings (SSSR count). The van der Waals surface area contributed by atoms with Crippen molar-refractivity contribution in [3.63, 3.8) is 0 Å². The minimum atomic E-state index is -1.05. The van der Waals surface area contributed by atoms with Crippen LogP contribution in [0.4, 0.5) is 8.78 Å². The van der Waals surface area contributed by atoms with Gasteiger partial charge < -0.3 is 16.2 Å². The molecule has 0 unspecified atom stereocenters. The Balaban J connectivity index is 2.60. The second kappa shape index (κ2) is 6.79. The lowest BCUT2D eigenvalue weighted by Gasteiger charge is -2.14. The van der Waals surface area contributed by atoms with Crippen molar-refractivity contribution in [1.29, 1.82) is 0 Å². The molecule has 0 saturated carbocycles. The second-order valence-corrected chi connectivity index (χ2v) is 4.05. The molecular formula is C12H14F2N2O3. The molecule has 1 amide bonds. The van der Waals surface area contributed by atoms with Gasteiger partial charge in [-0.05, 0) is 24.1 Å². The molecule has 0 aliphatic carbocycles. The minimum Gasteiger partial charge on any atom is -0.481 e. The number of carbonyl (C=O) groups excluding carboxylic acids is 1. The Labute approximate surface area is 108 Å². The van der Waals surface area contributed by atoms with Crippen molar-refractivity contribution in [2.24, 2.45) is 5.73 Å². The van der Waals surface area contributed by atoms with Gasteiger partial charge in [-0.1, -0.05) is 0 Å². The summed E-state index contributed by atoms with van der Waals surface area (Å²) in [6.45, 7) is 0.0158. The van der Waals surface area contributed by atoms with Crippen molar-refractivity contribution >= 4 is 11.9 Å². The van der Waals surface area contributed by atoms with Crippen molar-refractivity contribution in [2.45, 2.75) is 25.4 Å². The first kappa shape index (κ1) is 15.0. The summed E-state index contributed by atoms with van der Waals surface area (Å²) in [7, 11) is 0. The van der Waals surface area contributed by atoms with Gasteiger partial charge in [0.1, 0.15) is 11.6 Å². The van der Waals surface area contributed by atoms with Crippen LogP contribution in [0.3, 0.4) is 0 Å². The molecule has 0 fully saturated rings. The molecule has 0 aliphatic rings. The molecule has 5 nitrogen and oxygen atoms in total. The Bertz CT molecular complexity index is 460. The van der Waals surface area contributed by atoms with Crippen LogP contribution in [0.1, 0.15) is 18.4 Å². The number of hydrogen-bond donors (Lipinski definition) is 3. The highest BCUT2D eigenvalue weighted by Crippen LogP contribution is 2.08. The number of nitrogens with two attached hydrogens (primary N) is 1. The van der Waals surface area contributed by atoms with Gasteiger partial charge in [-0.25, -0.2) is 8.78 Å². The summed E-state index contributed by atoms with van der Waals surface area (Å²) >= 11 is 0. The summed E-state index contributed by atoms with van der Waals surface area (Å²) < 4.78 is 25.9. The van der Waals surface area contributed by atoms with E-state index in [1.165, 1.54) is 0 Å². The maximum atomic E-state index is 12.9. The molecule has 0 radical (unpaired) electrons. The van der Waals surface area contributed by atoms with E-state index in [0.29, 0.717) is 5.56 Å². The Hall–Kier alpha value is -2.02. The summed E-state index contributed by atoms with van der Waals surface area (Å²) in [5.74, 6) is -3.21. The summed E-state index contributed by atoms with van der Waals surface area (Å²) in [4.78, 5) is 21.5. The van der Waals surface area contributed by atoms with Crippen LogP contribution in [-0.2, 0) is 16.1 Å². The van der Waals surface area contributed by atoms with E-state index < -0.39 is 29.6 Å². The molecule has 0 aromatic heterocycles. The zero-order chi connectivity index (χ0) is 14.4.